The highest BCUT2D eigenvalue weighted by molar-refractivity contribution is 5.95. The van der Waals surface area contributed by atoms with Crippen LogP contribution >= 0.6 is 0 Å². The standard InChI is InChI=1S/C18H15F4NO3/c1-10(18(25)23-14-8-7-13(20)16(21)17(14)22)26-15(24)9-4-11-2-5-12(19)6-3-11/h2-3,5-8,10H,4,9H2,1H3,(H,23,25)/t10-/m0/s1. The van der Waals surface area contributed by atoms with E-state index in [9.17, 15) is 27.2 Å². The van der Waals surface area contributed by atoms with Gasteiger partial charge in [0, 0.05) is 6.42 Å². The summed E-state index contributed by atoms with van der Waals surface area (Å²) >= 11 is 0. The van der Waals surface area contributed by atoms with Gasteiger partial charge >= 0.3 is 5.97 Å². The molecule has 138 valence electrons. The first-order chi connectivity index (χ1) is 12.3. The van der Waals surface area contributed by atoms with E-state index >= 15 is 0 Å². The number of amides is 1. The Morgan fingerprint density at radius 3 is 2.31 bits per heavy atom. The van der Waals surface area contributed by atoms with Gasteiger partial charge in [-0.05, 0) is 43.2 Å². The molecule has 26 heavy (non-hydrogen) atoms. The molecule has 2 aromatic carbocycles. The van der Waals surface area contributed by atoms with Gasteiger partial charge in [-0.1, -0.05) is 12.1 Å². The summed E-state index contributed by atoms with van der Waals surface area (Å²) < 4.78 is 57.2. The van der Waals surface area contributed by atoms with Gasteiger partial charge in [0.25, 0.3) is 5.91 Å². The molecule has 1 atom stereocenters. The van der Waals surface area contributed by atoms with Crippen LogP contribution in [0.5, 0.6) is 0 Å². The summed E-state index contributed by atoms with van der Waals surface area (Å²) in [6, 6.07) is 7.07. The Labute approximate surface area is 146 Å². The summed E-state index contributed by atoms with van der Waals surface area (Å²) in [6.45, 7) is 1.25. The molecule has 0 radical (unpaired) electrons. The second kappa shape index (κ2) is 8.46. The van der Waals surface area contributed by atoms with Gasteiger partial charge in [0.05, 0.1) is 5.69 Å². The van der Waals surface area contributed by atoms with Gasteiger partial charge in [-0.3, -0.25) is 9.59 Å². The Morgan fingerprint density at radius 2 is 1.65 bits per heavy atom. The highest BCUT2D eigenvalue weighted by Gasteiger charge is 2.21. The predicted molar refractivity (Wildman–Crippen MR) is 85.2 cm³/mol. The van der Waals surface area contributed by atoms with Crippen LogP contribution in [0.4, 0.5) is 23.2 Å². The number of anilines is 1. The van der Waals surface area contributed by atoms with E-state index in [4.69, 9.17) is 4.74 Å². The van der Waals surface area contributed by atoms with Crippen LogP contribution in [0.3, 0.4) is 0 Å². The summed E-state index contributed by atoms with van der Waals surface area (Å²) in [4.78, 5) is 23.7. The zero-order valence-corrected chi connectivity index (χ0v) is 13.7. The number of carbonyl (C=O) groups is 2. The maximum Gasteiger partial charge on any atom is 0.306 e. The van der Waals surface area contributed by atoms with Crippen LogP contribution in [0.15, 0.2) is 36.4 Å². The van der Waals surface area contributed by atoms with Crippen molar-refractivity contribution in [2.75, 3.05) is 5.32 Å². The molecule has 0 heterocycles. The van der Waals surface area contributed by atoms with Crippen LogP contribution in [0.2, 0.25) is 0 Å². The molecule has 0 aromatic heterocycles. The van der Waals surface area contributed by atoms with Gasteiger partial charge in [-0.2, -0.15) is 0 Å². The minimum atomic E-state index is -1.72. The molecule has 0 aliphatic carbocycles. The predicted octanol–water partition coefficient (Wildman–Crippen LogP) is 3.75. The second-order valence-electron chi connectivity index (χ2n) is 5.47. The molecule has 0 aliphatic rings. The zero-order chi connectivity index (χ0) is 19.3. The fraction of sp³-hybridized carbons (Fsp3) is 0.222. The molecule has 2 rings (SSSR count). The van der Waals surface area contributed by atoms with E-state index in [1.165, 1.54) is 31.2 Å². The highest BCUT2D eigenvalue weighted by Crippen LogP contribution is 2.20. The molecular formula is C18H15F4NO3. The Hall–Kier alpha value is -2.90. The third-order valence-electron chi connectivity index (χ3n) is 3.50. The average Bonchev–Trinajstić information content (AvgIpc) is 2.61. The molecule has 8 heteroatoms. The fourth-order valence-electron chi connectivity index (χ4n) is 2.06. The number of hydrogen-bond acceptors (Lipinski definition) is 3. The monoisotopic (exact) mass is 369 g/mol. The molecule has 0 spiro atoms. The first-order valence-electron chi connectivity index (χ1n) is 7.66. The van der Waals surface area contributed by atoms with Crippen molar-refractivity contribution in [3.8, 4) is 0 Å². The molecule has 1 N–H and O–H groups in total. The third-order valence-corrected chi connectivity index (χ3v) is 3.50. The number of ether oxygens (including phenoxy) is 1. The minimum absolute atomic E-state index is 0.0528. The molecule has 2 aromatic rings. The summed E-state index contributed by atoms with van der Waals surface area (Å²) in [7, 11) is 0. The maximum atomic E-state index is 13.5. The van der Waals surface area contributed by atoms with Crippen LogP contribution in [-0.2, 0) is 20.7 Å². The van der Waals surface area contributed by atoms with Crippen molar-refractivity contribution in [2.45, 2.75) is 25.9 Å². The average molecular weight is 369 g/mol. The number of esters is 1. The van der Waals surface area contributed by atoms with Gasteiger partial charge in [0.2, 0.25) is 0 Å². The van der Waals surface area contributed by atoms with Crippen molar-refractivity contribution in [1.29, 1.82) is 0 Å². The van der Waals surface area contributed by atoms with Gasteiger partial charge < -0.3 is 10.1 Å². The van der Waals surface area contributed by atoms with Crippen LogP contribution in [0.1, 0.15) is 18.9 Å². The minimum Gasteiger partial charge on any atom is -0.453 e. The number of rotatable bonds is 6. The Kier molecular flexibility index (Phi) is 6.32. The third kappa shape index (κ3) is 5.05. The molecule has 0 saturated heterocycles. The van der Waals surface area contributed by atoms with Crippen molar-refractivity contribution in [1.82, 2.24) is 0 Å². The lowest BCUT2D eigenvalue weighted by Gasteiger charge is -2.14. The first kappa shape index (κ1) is 19.4. The number of nitrogens with one attached hydrogen (secondary N) is 1. The summed E-state index contributed by atoms with van der Waals surface area (Å²) in [5, 5.41) is 2.02. The topological polar surface area (TPSA) is 55.4 Å². The Balaban J connectivity index is 1.87. The number of halogens is 4. The quantitative estimate of drug-likeness (QED) is 0.479. The normalized spacial score (nSPS) is 11.7. The molecule has 0 bridgehead atoms. The summed E-state index contributed by atoms with van der Waals surface area (Å²) in [5.74, 6) is -6.64. The lowest BCUT2D eigenvalue weighted by atomic mass is 10.1. The van der Waals surface area contributed by atoms with Gasteiger partial charge in [-0.25, -0.2) is 17.6 Å². The van der Waals surface area contributed by atoms with Crippen molar-refractivity contribution in [2.24, 2.45) is 0 Å². The summed E-state index contributed by atoms with van der Waals surface area (Å²) in [6.07, 6.45) is -1.04. The Bertz CT molecular complexity index is 809. The lowest BCUT2D eigenvalue weighted by Crippen LogP contribution is -2.30. The molecule has 0 fully saturated rings. The number of aryl methyl sites for hydroxylation is 1. The Morgan fingerprint density at radius 1 is 1.00 bits per heavy atom. The maximum absolute atomic E-state index is 13.5. The lowest BCUT2D eigenvalue weighted by molar-refractivity contribution is -0.153. The van der Waals surface area contributed by atoms with E-state index in [1.807, 2.05) is 5.32 Å². The van der Waals surface area contributed by atoms with Crippen molar-refractivity contribution < 1.29 is 31.9 Å². The van der Waals surface area contributed by atoms with E-state index in [0.29, 0.717) is 11.6 Å². The van der Waals surface area contributed by atoms with E-state index in [1.54, 1.807) is 0 Å². The number of benzene rings is 2. The van der Waals surface area contributed by atoms with Crippen molar-refractivity contribution in [3.63, 3.8) is 0 Å². The number of carbonyl (C=O) groups excluding carboxylic acids is 2. The van der Waals surface area contributed by atoms with Crippen LogP contribution in [0.25, 0.3) is 0 Å². The van der Waals surface area contributed by atoms with E-state index in [-0.39, 0.29) is 12.8 Å². The summed E-state index contributed by atoms with van der Waals surface area (Å²) in [5.41, 5.74) is 0.146. The van der Waals surface area contributed by atoms with Crippen LogP contribution in [-0.4, -0.2) is 18.0 Å². The molecule has 0 aliphatic heterocycles. The van der Waals surface area contributed by atoms with Crippen LogP contribution < -0.4 is 5.32 Å². The molecular weight excluding hydrogens is 354 g/mol. The first-order valence-corrected chi connectivity index (χ1v) is 7.66. The van der Waals surface area contributed by atoms with E-state index < -0.39 is 46.9 Å². The van der Waals surface area contributed by atoms with Crippen molar-refractivity contribution >= 4 is 17.6 Å². The SMILES string of the molecule is C[C@H](OC(=O)CCc1ccc(F)cc1)C(=O)Nc1ccc(F)c(F)c1F. The highest BCUT2D eigenvalue weighted by atomic mass is 19.2. The molecule has 4 nitrogen and oxygen atoms in total. The van der Waals surface area contributed by atoms with Crippen LogP contribution in [0, 0.1) is 23.3 Å². The second-order valence-corrected chi connectivity index (χ2v) is 5.47. The van der Waals surface area contributed by atoms with E-state index in [2.05, 4.69) is 0 Å². The smallest absolute Gasteiger partial charge is 0.306 e. The zero-order valence-electron chi connectivity index (χ0n) is 13.7. The van der Waals surface area contributed by atoms with Gasteiger partial charge in [0.1, 0.15) is 5.82 Å². The molecule has 0 saturated carbocycles. The molecule has 1 amide bonds. The fourth-order valence-corrected chi connectivity index (χ4v) is 2.06. The van der Waals surface area contributed by atoms with Gasteiger partial charge in [0.15, 0.2) is 23.6 Å². The number of hydrogen-bond donors (Lipinski definition) is 1. The van der Waals surface area contributed by atoms with Crippen molar-refractivity contribution in [3.05, 3.63) is 65.2 Å². The largest absolute Gasteiger partial charge is 0.453 e. The van der Waals surface area contributed by atoms with E-state index in [0.717, 1.165) is 6.07 Å². The molecule has 0 unspecified atom stereocenters. The van der Waals surface area contributed by atoms with Gasteiger partial charge in [-0.15, -0.1) is 0 Å².